The molecule has 0 bridgehead atoms. The van der Waals surface area contributed by atoms with Gasteiger partial charge in [-0.2, -0.15) is 0 Å². The molecule has 0 unspecified atom stereocenters. The second-order valence-electron chi connectivity index (χ2n) is 9.53. The van der Waals surface area contributed by atoms with Gasteiger partial charge in [0.05, 0.1) is 20.3 Å². The molecule has 0 fully saturated rings. The highest BCUT2D eigenvalue weighted by molar-refractivity contribution is 5.84. The van der Waals surface area contributed by atoms with Crippen LogP contribution < -0.4 is 14.8 Å². The van der Waals surface area contributed by atoms with Crippen LogP contribution in [0.2, 0.25) is 0 Å². The van der Waals surface area contributed by atoms with Crippen LogP contribution >= 0.6 is 0 Å². The van der Waals surface area contributed by atoms with Gasteiger partial charge in [0.2, 0.25) is 5.91 Å². The average molecular weight is 436 g/mol. The number of carbonyl (C=O) groups excluding carboxylic acids is 1. The molecule has 0 spiro atoms. The van der Waals surface area contributed by atoms with E-state index in [4.69, 9.17) is 9.47 Å². The van der Waals surface area contributed by atoms with Crippen molar-refractivity contribution in [2.24, 2.45) is 5.41 Å². The number of ether oxygens (including phenoxy) is 2. The number of hydrogen-bond donors (Lipinski definition) is 2. The van der Waals surface area contributed by atoms with Crippen molar-refractivity contribution in [3.8, 4) is 11.5 Å². The standard InChI is InChI=1S/C26H33N3O3/c1-26(2,3)24(28-15-19-14-27-21-9-7-6-8-20(19)21)25(30)29-11-10-17-12-22(31-4)23(32-5)13-18(17)16-29/h6-9,12-14,24,27-28H,10-11,15-16H2,1-5H3/t24-/m1/s1. The molecule has 1 atom stereocenters. The molecule has 1 amide bonds. The Balaban J connectivity index is 1.52. The highest BCUT2D eigenvalue weighted by atomic mass is 16.5. The molecular formula is C26H33N3O3. The summed E-state index contributed by atoms with van der Waals surface area (Å²) in [4.78, 5) is 18.9. The van der Waals surface area contributed by atoms with E-state index in [-0.39, 0.29) is 17.4 Å². The van der Waals surface area contributed by atoms with Crippen LogP contribution in [-0.2, 0) is 24.3 Å². The Kier molecular flexibility index (Phi) is 6.15. The molecule has 1 aromatic heterocycles. The first-order chi connectivity index (χ1) is 15.3. The Labute approximate surface area is 189 Å². The number of hydrogen-bond acceptors (Lipinski definition) is 4. The van der Waals surface area contributed by atoms with Gasteiger partial charge < -0.3 is 24.7 Å². The van der Waals surface area contributed by atoms with E-state index in [1.165, 1.54) is 16.5 Å². The van der Waals surface area contributed by atoms with Crippen molar-refractivity contribution in [1.29, 1.82) is 0 Å². The zero-order chi connectivity index (χ0) is 22.9. The lowest BCUT2D eigenvalue weighted by Crippen LogP contribution is -2.53. The number of fused-ring (bicyclic) bond motifs is 2. The number of para-hydroxylation sites is 1. The van der Waals surface area contributed by atoms with Crippen LogP contribution in [0, 0.1) is 5.41 Å². The number of benzene rings is 2. The molecule has 3 aromatic rings. The maximum Gasteiger partial charge on any atom is 0.240 e. The fourth-order valence-corrected chi connectivity index (χ4v) is 4.51. The van der Waals surface area contributed by atoms with Gasteiger partial charge in [-0.15, -0.1) is 0 Å². The zero-order valence-corrected chi connectivity index (χ0v) is 19.6. The molecule has 2 N–H and O–H groups in total. The van der Waals surface area contributed by atoms with E-state index < -0.39 is 0 Å². The Bertz CT molecular complexity index is 1110. The summed E-state index contributed by atoms with van der Waals surface area (Å²) in [5, 5.41) is 4.75. The summed E-state index contributed by atoms with van der Waals surface area (Å²) < 4.78 is 10.9. The Morgan fingerprint density at radius 1 is 1.12 bits per heavy atom. The van der Waals surface area contributed by atoms with E-state index in [2.05, 4.69) is 43.2 Å². The predicted octanol–water partition coefficient (Wildman–Crippen LogP) is 4.27. The van der Waals surface area contributed by atoms with Crippen molar-refractivity contribution < 1.29 is 14.3 Å². The molecule has 6 heteroatoms. The minimum Gasteiger partial charge on any atom is -0.493 e. The molecule has 0 saturated heterocycles. The molecule has 170 valence electrons. The summed E-state index contributed by atoms with van der Waals surface area (Å²) in [6, 6.07) is 12.0. The first-order valence-electron chi connectivity index (χ1n) is 11.1. The third-order valence-electron chi connectivity index (χ3n) is 6.31. The summed E-state index contributed by atoms with van der Waals surface area (Å²) in [6.45, 7) is 8.25. The molecule has 0 saturated carbocycles. The van der Waals surface area contributed by atoms with Gasteiger partial charge in [0, 0.05) is 36.7 Å². The van der Waals surface area contributed by atoms with Gasteiger partial charge in [0.1, 0.15) is 0 Å². The van der Waals surface area contributed by atoms with Crippen molar-refractivity contribution in [3.05, 3.63) is 59.3 Å². The van der Waals surface area contributed by atoms with Gasteiger partial charge in [-0.05, 0) is 46.7 Å². The molecule has 4 rings (SSSR count). The van der Waals surface area contributed by atoms with Crippen LogP contribution in [0.25, 0.3) is 10.9 Å². The number of H-pyrrole nitrogens is 1. The molecule has 6 nitrogen and oxygen atoms in total. The molecule has 1 aliphatic rings. The lowest BCUT2D eigenvalue weighted by molar-refractivity contribution is -0.137. The van der Waals surface area contributed by atoms with Crippen molar-refractivity contribution in [2.45, 2.75) is 46.3 Å². The maximum atomic E-state index is 13.7. The summed E-state index contributed by atoms with van der Waals surface area (Å²) in [7, 11) is 3.29. The third kappa shape index (κ3) is 4.32. The third-order valence-corrected chi connectivity index (χ3v) is 6.31. The van der Waals surface area contributed by atoms with Crippen LogP contribution in [0.5, 0.6) is 11.5 Å². The largest absolute Gasteiger partial charge is 0.493 e. The summed E-state index contributed by atoms with van der Waals surface area (Å²) in [5.74, 6) is 1.57. The summed E-state index contributed by atoms with van der Waals surface area (Å²) in [6.07, 6.45) is 2.83. The molecule has 32 heavy (non-hydrogen) atoms. The molecular weight excluding hydrogens is 402 g/mol. The number of nitrogens with zero attached hydrogens (tertiary/aromatic N) is 1. The minimum atomic E-state index is -0.294. The molecule has 2 heterocycles. The summed E-state index contributed by atoms with van der Waals surface area (Å²) >= 11 is 0. The Morgan fingerprint density at radius 2 is 1.81 bits per heavy atom. The van der Waals surface area contributed by atoms with Crippen LogP contribution in [0.3, 0.4) is 0 Å². The fraction of sp³-hybridized carbons (Fsp3) is 0.423. The van der Waals surface area contributed by atoms with Gasteiger partial charge >= 0.3 is 0 Å². The zero-order valence-electron chi connectivity index (χ0n) is 19.6. The van der Waals surface area contributed by atoms with Crippen molar-refractivity contribution in [2.75, 3.05) is 20.8 Å². The second kappa shape index (κ2) is 8.87. The number of aromatic amines is 1. The quantitative estimate of drug-likeness (QED) is 0.607. The maximum absolute atomic E-state index is 13.7. The van der Waals surface area contributed by atoms with Gasteiger partial charge in [-0.25, -0.2) is 0 Å². The van der Waals surface area contributed by atoms with E-state index in [0.717, 1.165) is 23.3 Å². The number of aromatic nitrogens is 1. The van der Waals surface area contributed by atoms with Crippen LogP contribution in [0.15, 0.2) is 42.6 Å². The molecule has 0 radical (unpaired) electrons. The molecule has 2 aromatic carbocycles. The van der Waals surface area contributed by atoms with E-state index in [1.54, 1.807) is 14.2 Å². The molecule has 1 aliphatic heterocycles. The van der Waals surface area contributed by atoms with Crippen molar-refractivity contribution in [3.63, 3.8) is 0 Å². The highest BCUT2D eigenvalue weighted by Crippen LogP contribution is 2.34. The van der Waals surface area contributed by atoms with Gasteiger partial charge in [0.15, 0.2) is 11.5 Å². The van der Waals surface area contributed by atoms with Crippen LogP contribution in [0.4, 0.5) is 0 Å². The normalized spacial score (nSPS) is 14.8. The highest BCUT2D eigenvalue weighted by Gasteiger charge is 2.35. The van der Waals surface area contributed by atoms with E-state index in [1.807, 2.05) is 35.4 Å². The minimum absolute atomic E-state index is 0.137. The topological polar surface area (TPSA) is 66.6 Å². The SMILES string of the molecule is COc1cc2c(cc1OC)CN(C(=O)[C@@H](NCc1c[nH]c3ccccc13)C(C)(C)C)CC2. The Morgan fingerprint density at radius 3 is 2.50 bits per heavy atom. The number of methoxy groups -OCH3 is 2. The average Bonchev–Trinajstić information content (AvgIpc) is 3.20. The lowest BCUT2D eigenvalue weighted by Gasteiger charge is -2.37. The van der Waals surface area contributed by atoms with Gasteiger partial charge in [-0.3, -0.25) is 4.79 Å². The van der Waals surface area contributed by atoms with Crippen LogP contribution in [-0.4, -0.2) is 42.6 Å². The van der Waals surface area contributed by atoms with Gasteiger partial charge in [0.25, 0.3) is 0 Å². The summed E-state index contributed by atoms with van der Waals surface area (Å²) in [5.41, 5.74) is 4.39. The van der Waals surface area contributed by atoms with Crippen LogP contribution in [0.1, 0.15) is 37.5 Å². The fourth-order valence-electron chi connectivity index (χ4n) is 4.51. The van der Waals surface area contributed by atoms with Crippen molar-refractivity contribution in [1.82, 2.24) is 15.2 Å². The number of carbonyl (C=O) groups is 1. The van der Waals surface area contributed by atoms with E-state index in [0.29, 0.717) is 25.4 Å². The first-order valence-corrected chi connectivity index (χ1v) is 11.1. The van der Waals surface area contributed by atoms with Crippen molar-refractivity contribution >= 4 is 16.8 Å². The monoisotopic (exact) mass is 435 g/mol. The number of rotatable bonds is 6. The molecule has 0 aliphatic carbocycles. The van der Waals surface area contributed by atoms with Gasteiger partial charge in [-0.1, -0.05) is 39.0 Å². The van der Waals surface area contributed by atoms with E-state index in [9.17, 15) is 4.79 Å². The smallest absolute Gasteiger partial charge is 0.240 e. The first kappa shape index (κ1) is 22.2. The number of nitrogens with one attached hydrogen (secondary N) is 2. The number of amides is 1. The lowest BCUT2D eigenvalue weighted by atomic mass is 9.85. The Hall–Kier alpha value is -2.99. The van der Waals surface area contributed by atoms with E-state index >= 15 is 0 Å². The second-order valence-corrected chi connectivity index (χ2v) is 9.53. The predicted molar refractivity (Wildman–Crippen MR) is 127 cm³/mol.